The van der Waals surface area contributed by atoms with Gasteiger partial charge >= 0.3 is 0 Å². The van der Waals surface area contributed by atoms with Gasteiger partial charge in [0.15, 0.2) is 5.78 Å². The van der Waals surface area contributed by atoms with Crippen molar-refractivity contribution in [3.8, 4) is 6.07 Å². The lowest BCUT2D eigenvalue weighted by Gasteiger charge is -2.19. The Kier molecular flexibility index (Phi) is 2.74. The molecule has 0 spiro atoms. The molecule has 0 heterocycles. The molecule has 1 unspecified atom stereocenters. The molecule has 0 aromatic heterocycles. The van der Waals surface area contributed by atoms with Gasteiger partial charge < -0.3 is 5.11 Å². The van der Waals surface area contributed by atoms with Crippen LogP contribution in [0.2, 0.25) is 0 Å². The molecule has 3 heteroatoms. The van der Waals surface area contributed by atoms with Crippen molar-refractivity contribution in [3.05, 3.63) is 47.2 Å². The van der Waals surface area contributed by atoms with Gasteiger partial charge in [0.1, 0.15) is 5.76 Å². The van der Waals surface area contributed by atoms with Crippen LogP contribution in [0.5, 0.6) is 0 Å². The maximum atomic E-state index is 11.1. The molecule has 1 atom stereocenters. The number of hydrogen-bond donors (Lipinski definition) is 1. The zero-order chi connectivity index (χ0) is 11.5. The van der Waals surface area contributed by atoms with E-state index in [-0.39, 0.29) is 17.5 Å². The summed E-state index contributed by atoms with van der Waals surface area (Å²) < 4.78 is 0. The fraction of sp³-hybridized carbons (Fsp3) is 0.231. The van der Waals surface area contributed by atoms with Gasteiger partial charge in [-0.05, 0) is 24.1 Å². The van der Waals surface area contributed by atoms with Gasteiger partial charge in [-0.15, -0.1) is 0 Å². The summed E-state index contributed by atoms with van der Waals surface area (Å²) in [6, 6.07) is 9.13. The van der Waals surface area contributed by atoms with Crippen LogP contribution >= 0.6 is 0 Å². The third-order valence-electron chi connectivity index (χ3n) is 2.79. The first kappa shape index (κ1) is 10.4. The Balaban J connectivity index is 2.28. The van der Waals surface area contributed by atoms with E-state index in [0.717, 1.165) is 5.56 Å². The van der Waals surface area contributed by atoms with Crippen molar-refractivity contribution in [1.82, 2.24) is 0 Å². The van der Waals surface area contributed by atoms with Crippen LogP contribution in [-0.4, -0.2) is 10.9 Å². The second kappa shape index (κ2) is 4.19. The molecule has 0 aliphatic heterocycles. The largest absolute Gasteiger partial charge is 0.512 e. The highest BCUT2D eigenvalue weighted by molar-refractivity contribution is 5.91. The highest BCUT2D eigenvalue weighted by atomic mass is 16.3. The number of nitrogens with zero attached hydrogens (tertiary/aromatic N) is 1. The molecule has 0 radical (unpaired) electrons. The Bertz CT molecular complexity index is 480. The number of carbonyl (C=O) groups excluding carboxylic acids is 1. The number of rotatable bonds is 1. The highest BCUT2D eigenvalue weighted by Crippen LogP contribution is 2.31. The fourth-order valence-corrected chi connectivity index (χ4v) is 1.90. The smallest absolute Gasteiger partial charge is 0.159 e. The van der Waals surface area contributed by atoms with Gasteiger partial charge in [-0.1, -0.05) is 12.1 Å². The lowest BCUT2D eigenvalue weighted by Crippen LogP contribution is -2.12. The van der Waals surface area contributed by atoms with Crippen LogP contribution in [0.25, 0.3) is 0 Å². The van der Waals surface area contributed by atoms with Crippen LogP contribution in [0.4, 0.5) is 0 Å². The van der Waals surface area contributed by atoms with E-state index >= 15 is 0 Å². The van der Waals surface area contributed by atoms with E-state index in [0.29, 0.717) is 18.4 Å². The van der Waals surface area contributed by atoms with E-state index in [2.05, 4.69) is 0 Å². The molecular weight excluding hydrogens is 202 g/mol. The monoisotopic (exact) mass is 213 g/mol. The van der Waals surface area contributed by atoms with Gasteiger partial charge in [0.05, 0.1) is 11.6 Å². The third kappa shape index (κ3) is 1.96. The van der Waals surface area contributed by atoms with Gasteiger partial charge in [-0.2, -0.15) is 5.26 Å². The average Bonchev–Trinajstić information content (AvgIpc) is 2.29. The second-order valence-electron chi connectivity index (χ2n) is 3.86. The molecule has 0 amide bonds. The second-order valence-corrected chi connectivity index (χ2v) is 3.86. The van der Waals surface area contributed by atoms with E-state index in [9.17, 15) is 9.90 Å². The number of aliphatic hydroxyl groups excluding tert-OH is 1. The van der Waals surface area contributed by atoms with Crippen molar-refractivity contribution in [2.24, 2.45) is 0 Å². The van der Waals surface area contributed by atoms with Gasteiger partial charge in [-0.3, -0.25) is 4.79 Å². The van der Waals surface area contributed by atoms with Crippen molar-refractivity contribution in [3.63, 3.8) is 0 Å². The van der Waals surface area contributed by atoms with E-state index in [1.807, 2.05) is 18.2 Å². The molecule has 0 bridgehead atoms. The van der Waals surface area contributed by atoms with E-state index in [4.69, 9.17) is 5.26 Å². The highest BCUT2D eigenvalue weighted by Gasteiger charge is 2.22. The van der Waals surface area contributed by atoms with Gasteiger partial charge in [0.25, 0.3) is 0 Å². The Morgan fingerprint density at radius 3 is 2.56 bits per heavy atom. The number of carbonyl (C=O) groups is 1. The molecule has 2 rings (SSSR count). The quantitative estimate of drug-likeness (QED) is 0.779. The first-order valence-electron chi connectivity index (χ1n) is 5.14. The minimum Gasteiger partial charge on any atom is -0.512 e. The first-order valence-corrected chi connectivity index (χ1v) is 5.14. The molecule has 1 N–H and O–H groups in total. The molecule has 0 saturated carbocycles. The maximum absolute atomic E-state index is 11.1. The Morgan fingerprint density at radius 1 is 1.31 bits per heavy atom. The molecule has 16 heavy (non-hydrogen) atoms. The summed E-state index contributed by atoms with van der Waals surface area (Å²) >= 11 is 0. The van der Waals surface area contributed by atoms with Crippen molar-refractivity contribution >= 4 is 5.78 Å². The predicted molar refractivity (Wildman–Crippen MR) is 58.9 cm³/mol. The lowest BCUT2D eigenvalue weighted by molar-refractivity contribution is -0.115. The SMILES string of the molecule is N#Cc1ccc(C2CCC(=O)C=C2O)cc1. The predicted octanol–water partition coefficient (Wildman–Crippen LogP) is 2.45. The van der Waals surface area contributed by atoms with E-state index < -0.39 is 0 Å². The van der Waals surface area contributed by atoms with Crippen molar-refractivity contribution in [2.45, 2.75) is 18.8 Å². The maximum Gasteiger partial charge on any atom is 0.159 e. The summed E-state index contributed by atoms with van der Waals surface area (Å²) in [7, 11) is 0. The lowest BCUT2D eigenvalue weighted by atomic mass is 9.87. The van der Waals surface area contributed by atoms with Crippen molar-refractivity contribution in [1.29, 1.82) is 5.26 Å². The molecule has 3 nitrogen and oxygen atoms in total. The summed E-state index contributed by atoms with van der Waals surface area (Å²) in [4.78, 5) is 11.1. The van der Waals surface area contributed by atoms with Crippen molar-refractivity contribution in [2.75, 3.05) is 0 Å². The minimum atomic E-state index is -0.106. The fourth-order valence-electron chi connectivity index (χ4n) is 1.90. The molecule has 0 saturated heterocycles. The van der Waals surface area contributed by atoms with E-state index in [1.54, 1.807) is 12.1 Å². The Labute approximate surface area is 93.6 Å². The van der Waals surface area contributed by atoms with Gasteiger partial charge in [0.2, 0.25) is 0 Å². The molecule has 80 valence electrons. The molecule has 1 aliphatic rings. The number of aliphatic hydroxyl groups is 1. The van der Waals surface area contributed by atoms with E-state index in [1.165, 1.54) is 6.08 Å². The molecule has 1 aromatic carbocycles. The molecule has 0 fully saturated rings. The number of allylic oxidation sites excluding steroid dienone is 2. The van der Waals surface area contributed by atoms with Crippen LogP contribution in [0, 0.1) is 11.3 Å². The summed E-state index contributed by atoms with van der Waals surface area (Å²) in [5, 5.41) is 18.4. The van der Waals surface area contributed by atoms with Gasteiger partial charge in [0, 0.05) is 18.4 Å². The standard InChI is InChI=1S/C13H11NO2/c14-8-9-1-3-10(4-2-9)12-6-5-11(15)7-13(12)16/h1-4,7,12,16H,5-6H2. The van der Waals surface area contributed by atoms with Crippen LogP contribution < -0.4 is 0 Å². The third-order valence-corrected chi connectivity index (χ3v) is 2.79. The summed E-state index contributed by atoms with van der Waals surface area (Å²) in [5.41, 5.74) is 1.54. The van der Waals surface area contributed by atoms with Crippen LogP contribution in [0.1, 0.15) is 29.9 Å². The zero-order valence-corrected chi connectivity index (χ0v) is 8.68. The first-order chi connectivity index (χ1) is 7.70. The Hall–Kier alpha value is -2.08. The Morgan fingerprint density at radius 2 is 2.00 bits per heavy atom. The number of benzene rings is 1. The molecule has 1 aliphatic carbocycles. The number of hydrogen-bond acceptors (Lipinski definition) is 3. The minimum absolute atomic E-state index is 0.0256. The van der Waals surface area contributed by atoms with Crippen LogP contribution in [-0.2, 0) is 4.79 Å². The molecular formula is C13H11NO2. The van der Waals surface area contributed by atoms with Gasteiger partial charge in [-0.25, -0.2) is 0 Å². The summed E-state index contributed by atoms with van der Waals surface area (Å²) in [5.74, 6) is -0.00574. The van der Waals surface area contributed by atoms with Crippen LogP contribution in [0.3, 0.4) is 0 Å². The normalized spacial score (nSPS) is 20.1. The summed E-state index contributed by atoms with van der Waals surface area (Å²) in [6.07, 6.45) is 2.40. The zero-order valence-electron chi connectivity index (χ0n) is 8.68. The average molecular weight is 213 g/mol. The number of ketones is 1. The summed E-state index contributed by atoms with van der Waals surface area (Å²) in [6.45, 7) is 0. The van der Waals surface area contributed by atoms with Crippen molar-refractivity contribution < 1.29 is 9.90 Å². The number of nitriles is 1. The topological polar surface area (TPSA) is 61.1 Å². The van der Waals surface area contributed by atoms with Crippen LogP contribution in [0.15, 0.2) is 36.1 Å². The molecule has 1 aromatic rings.